The molecule has 3 heterocycles. The standard InChI is InChI=1S/C28H23FNO.C15H18GeN.Ir/c1-28(2,3)17-18-13-14-30-25(15-18)24-6-4-5-23-22-12-9-20(16-26(22)31-27(23)24)19-7-10-21(29)11-8-19;1-12-5-7-13(8-6-12)15-10-9-14(11-17-15)16(2,3)4;/h4-5,7-16H,17H2,1-3H3;5-7,9-11H,1-4H3;/q2*-1;/i;1D3;. The van der Waals surface area contributed by atoms with E-state index in [-0.39, 0.29) is 31.3 Å². The van der Waals surface area contributed by atoms with Crippen molar-refractivity contribution in [1.82, 2.24) is 9.97 Å². The molecule has 0 saturated heterocycles. The molecule has 1 radical (unpaired) electrons. The topological polar surface area (TPSA) is 38.9 Å². The van der Waals surface area contributed by atoms with E-state index in [2.05, 4.69) is 84.4 Å². The summed E-state index contributed by atoms with van der Waals surface area (Å²) in [5, 5.41) is 2.08. The summed E-state index contributed by atoms with van der Waals surface area (Å²) in [7, 11) is 0. The van der Waals surface area contributed by atoms with Crippen LogP contribution >= 0.6 is 0 Å². The van der Waals surface area contributed by atoms with Crippen LogP contribution in [0.5, 0.6) is 0 Å². The van der Waals surface area contributed by atoms with Gasteiger partial charge in [0.2, 0.25) is 0 Å². The summed E-state index contributed by atoms with van der Waals surface area (Å²) in [4.78, 5) is 9.09. The second-order valence-electron chi connectivity index (χ2n) is 14.4. The Bertz CT molecular complexity index is 2230. The van der Waals surface area contributed by atoms with Crippen molar-refractivity contribution in [3.05, 3.63) is 139 Å². The maximum atomic E-state index is 13.3. The van der Waals surface area contributed by atoms with Crippen molar-refractivity contribution in [2.45, 2.75) is 51.3 Å². The summed E-state index contributed by atoms with van der Waals surface area (Å²) in [6.45, 7) is 4.62. The summed E-state index contributed by atoms with van der Waals surface area (Å²) in [5.41, 5.74) is 8.67. The maximum absolute atomic E-state index is 13.3. The van der Waals surface area contributed by atoms with Gasteiger partial charge in [-0.15, -0.1) is 18.2 Å². The minimum absolute atomic E-state index is 0. The molecule has 7 aromatic rings. The number of hydrogen-bond acceptors (Lipinski definition) is 3. The molecule has 0 atom stereocenters. The number of fused-ring (bicyclic) bond motifs is 3. The van der Waals surface area contributed by atoms with Gasteiger partial charge in [-0.3, -0.25) is 0 Å². The molecule has 0 N–H and O–H groups in total. The first-order valence-electron chi connectivity index (χ1n) is 17.6. The molecule has 6 heteroatoms. The largest absolute Gasteiger partial charge is 0 e. The number of hydrogen-bond donors (Lipinski definition) is 0. The summed E-state index contributed by atoms with van der Waals surface area (Å²) in [5.74, 6) is 6.74. The van der Waals surface area contributed by atoms with Gasteiger partial charge >= 0.3 is 110 Å². The van der Waals surface area contributed by atoms with E-state index in [0.717, 1.165) is 62.0 Å². The molecule has 0 bridgehead atoms. The molecule has 7 rings (SSSR count). The average molecular weight is 889 g/mol. The van der Waals surface area contributed by atoms with E-state index in [1.807, 2.05) is 42.7 Å². The van der Waals surface area contributed by atoms with Gasteiger partial charge in [0.05, 0.1) is 5.58 Å². The Hall–Kier alpha value is -3.90. The van der Waals surface area contributed by atoms with Crippen LogP contribution in [-0.4, -0.2) is 23.2 Å². The number of nitrogens with zero attached hydrogens (tertiary/aromatic N) is 2. The smallest absolute Gasteiger partial charge is 0 e. The van der Waals surface area contributed by atoms with Gasteiger partial charge < -0.3 is 9.40 Å². The predicted molar refractivity (Wildman–Crippen MR) is 201 cm³/mol. The summed E-state index contributed by atoms with van der Waals surface area (Å²) in [6.07, 6.45) is 4.78. The number of aryl methyl sites for hydroxylation is 1. The first-order valence-corrected chi connectivity index (χ1v) is 23.5. The first kappa shape index (κ1) is 32.3. The van der Waals surface area contributed by atoms with Gasteiger partial charge in [0.1, 0.15) is 11.4 Å². The van der Waals surface area contributed by atoms with Crippen LogP contribution in [0, 0.1) is 30.2 Å². The predicted octanol–water partition coefficient (Wildman–Crippen LogP) is 11.2. The van der Waals surface area contributed by atoms with Crippen LogP contribution in [-0.2, 0) is 26.5 Å². The van der Waals surface area contributed by atoms with E-state index in [9.17, 15) is 4.39 Å². The van der Waals surface area contributed by atoms with Gasteiger partial charge in [-0.25, -0.2) is 4.39 Å². The van der Waals surface area contributed by atoms with Gasteiger partial charge in [-0.05, 0) is 52.9 Å². The fraction of sp³-hybridized carbons (Fsp3) is 0.209. The first-order chi connectivity index (χ1) is 24.0. The van der Waals surface area contributed by atoms with Crippen LogP contribution in [0.25, 0.3) is 55.6 Å². The summed E-state index contributed by atoms with van der Waals surface area (Å²) >= 11 is -1.83. The van der Waals surface area contributed by atoms with Gasteiger partial charge in [-0.2, -0.15) is 0 Å². The maximum Gasteiger partial charge on any atom is 0 e. The van der Waals surface area contributed by atoms with Crippen LogP contribution in [0.4, 0.5) is 4.39 Å². The minimum Gasteiger partial charge on any atom is 0 e. The molecular formula is C43H41FGeIrN2O-2. The number of pyridine rings is 2. The number of halogens is 1. The third-order valence-corrected chi connectivity index (χ3v) is 12.4. The Kier molecular flexibility index (Phi) is 9.84. The fourth-order valence-corrected chi connectivity index (χ4v) is 7.84. The van der Waals surface area contributed by atoms with Crippen molar-refractivity contribution in [3.63, 3.8) is 0 Å². The zero-order valence-corrected chi connectivity index (χ0v) is 33.1. The third kappa shape index (κ3) is 8.83. The van der Waals surface area contributed by atoms with Crippen LogP contribution in [0.2, 0.25) is 17.3 Å². The van der Waals surface area contributed by atoms with Crippen molar-refractivity contribution < 1.29 is 33.0 Å². The molecule has 49 heavy (non-hydrogen) atoms. The molecular weight excluding hydrogens is 844 g/mol. The molecule has 3 nitrogen and oxygen atoms in total. The molecule has 0 unspecified atom stereocenters. The second-order valence-corrected chi connectivity index (χ2v) is 25.0. The fourth-order valence-electron chi connectivity index (χ4n) is 5.67. The van der Waals surface area contributed by atoms with Crippen molar-refractivity contribution in [1.29, 1.82) is 0 Å². The number of benzene rings is 4. The van der Waals surface area contributed by atoms with Crippen LogP contribution in [0.3, 0.4) is 0 Å². The Labute approximate surface area is 310 Å². The number of furan rings is 1. The Morgan fingerprint density at radius 2 is 1.59 bits per heavy atom. The average Bonchev–Trinajstić information content (AvgIpc) is 3.46. The van der Waals surface area contributed by atoms with Crippen LogP contribution < -0.4 is 4.40 Å². The van der Waals surface area contributed by atoms with Crippen molar-refractivity contribution in [2.75, 3.05) is 0 Å². The Morgan fingerprint density at radius 1 is 0.816 bits per heavy atom. The quantitative estimate of drug-likeness (QED) is 0.128. The van der Waals surface area contributed by atoms with E-state index in [1.54, 1.807) is 24.3 Å². The van der Waals surface area contributed by atoms with Crippen LogP contribution in [0.1, 0.15) is 36.0 Å². The van der Waals surface area contributed by atoms with Gasteiger partial charge in [0, 0.05) is 31.7 Å². The molecule has 0 aliphatic heterocycles. The third-order valence-electron chi connectivity index (χ3n) is 8.14. The Balaban J connectivity index is 0.000000217. The second kappa shape index (κ2) is 14.9. The molecule has 0 spiro atoms. The molecule has 251 valence electrons. The van der Waals surface area contributed by atoms with Crippen molar-refractivity contribution in [2.24, 2.45) is 5.41 Å². The molecule has 0 aliphatic rings. The normalized spacial score (nSPS) is 12.8. The van der Waals surface area contributed by atoms with E-state index in [1.165, 1.54) is 28.2 Å². The summed E-state index contributed by atoms with van der Waals surface area (Å²) < 4.78 is 43.0. The molecule has 0 aliphatic carbocycles. The Morgan fingerprint density at radius 3 is 2.24 bits per heavy atom. The van der Waals surface area contributed by atoms with Crippen LogP contribution in [0.15, 0.2) is 114 Å². The zero-order chi connectivity index (χ0) is 36.6. The molecule has 0 amide bonds. The number of rotatable bonds is 5. The van der Waals surface area contributed by atoms with E-state index in [0.29, 0.717) is 5.56 Å². The monoisotopic (exact) mass is 890 g/mol. The van der Waals surface area contributed by atoms with Crippen molar-refractivity contribution in [3.8, 4) is 33.6 Å². The van der Waals surface area contributed by atoms with E-state index >= 15 is 0 Å². The van der Waals surface area contributed by atoms with E-state index in [4.69, 9.17) is 8.53 Å². The molecule has 0 saturated carbocycles. The van der Waals surface area contributed by atoms with Gasteiger partial charge in [0.25, 0.3) is 0 Å². The van der Waals surface area contributed by atoms with E-state index < -0.39 is 20.1 Å². The molecule has 3 aromatic heterocycles. The SMILES string of the molecule is CC(C)(C)Cc1ccnc(-c2[c-]ccc3c2oc2cc(-c4ccc(F)cc4)ccc23)c1.[2H]C([2H])([2H])c1c[c-]c(-c2cc[c]([Ge]([CH3])([CH3])[CH3])cn2)cc1.[Ir]. The molecule has 4 aromatic carbocycles. The number of aromatic nitrogens is 2. The van der Waals surface area contributed by atoms with Gasteiger partial charge in [-0.1, -0.05) is 67.6 Å². The minimum atomic E-state index is -2.08. The zero-order valence-electron chi connectivity index (χ0n) is 31.6. The van der Waals surface area contributed by atoms with Gasteiger partial charge in [0.15, 0.2) is 0 Å². The van der Waals surface area contributed by atoms with Crippen molar-refractivity contribution >= 4 is 39.6 Å². The summed E-state index contributed by atoms with van der Waals surface area (Å²) in [6, 6.07) is 36.2. The molecule has 0 fully saturated rings.